The maximum atomic E-state index is 12.8. The number of pyridine rings is 1. The van der Waals surface area contributed by atoms with Crippen molar-refractivity contribution in [1.82, 2.24) is 15.2 Å². The third-order valence-electron chi connectivity index (χ3n) is 7.47. The summed E-state index contributed by atoms with van der Waals surface area (Å²) >= 11 is 0. The van der Waals surface area contributed by atoms with Crippen LogP contribution in [-0.2, 0) is 9.53 Å². The van der Waals surface area contributed by atoms with E-state index in [2.05, 4.69) is 27.3 Å². The van der Waals surface area contributed by atoms with Crippen LogP contribution in [0.15, 0.2) is 42.6 Å². The highest BCUT2D eigenvalue weighted by atomic mass is 16.5. The first kappa shape index (κ1) is 22.7. The Bertz CT molecular complexity index is 1280. The summed E-state index contributed by atoms with van der Waals surface area (Å²) in [5.74, 6) is 2.46. The molecule has 4 heterocycles. The van der Waals surface area contributed by atoms with E-state index in [0.717, 1.165) is 35.6 Å². The number of aromatic amines is 1. The van der Waals surface area contributed by atoms with Crippen molar-refractivity contribution in [3.63, 3.8) is 0 Å². The second-order valence-corrected chi connectivity index (χ2v) is 9.66. The number of aliphatic hydroxyl groups excluding tert-OH is 1. The zero-order valence-corrected chi connectivity index (χ0v) is 20.0. The molecule has 36 heavy (non-hydrogen) atoms. The lowest BCUT2D eigenvalue weighted by atomic mass is 9.99. The minimum Gasteiger partial charge on any atom is -0.394 e. The predicted molar refractivity (Wildman–Crippen MR) is 137 cm³/mol. The molecule has 3 unspecified atom stereocenters. The van der Waals surface area contributed by atoms with Crippen LogP contribution in [0.2, 0.25) is 0 Å². The number of carbonyl (C=O) groups excluding carboxylic acids is 1. The molecule has 3 fully saturated rings. The molecule has 4 atom stereocenters. The number of aliphatic hydroxyl groups is 1. The van der Waals surface area contributed by atoms with Crippen LogP contribution >= 0.6 is 0 Å². The molecule has 2 saturated heterocycles. The zero-order valence-electron chi connectivity index (χ0n) is 20.0. The Balaban J connectivity index is 1.40. The average molecular weight is 488 g/mol. The summed E-state index contributed by atoms with van der Waals surface area (Å²) in [7, 11) is 0. The fourth-order valence-electron chi connectivity index (χ4n) is 5.48. The number of nitrogens with zero attached hydrogens (tertiary/aromatic N) is 4. The molecule has 2 aliphatic heterocycles. The number of hydrogen-bond acceptors (Lipinski definition) is 8. The summed E-state index contributed by atoms with van der Waals surface area (Å²) in [5.41, 5.74) is 3.20. The molecule has 1 aromatic carbocycles. The average Bonchev–Trinajstić information content (AvgIpc) is 3.42. The second kappa shape index (κ2) is 9.03. The van der Waals surface area contributed by atoms with E-state index in [9.17, 15) is 9.90 Å². The van der Waals surface area contributed by atoms with Gasteiger partial charge in [0.25, 0.3) is 0 Å². The molecule has 6 rings (SSSR count). The maximum Gasteiger partial charge on any atom is 0.230 e. The quantitative estimate of drug-likeness (QED) is 0.377. The van der Waals surface area contributed by atoms with Crippen LogP contribution in [0.5, 0.6) is 0 Å². The Labute approximate surface area is 208 Å². The van der Waals surface area contributed by atoms with E-state index in [-0.39, 0.29) is 36.4 Å². The number of aromatic nitrogens is 3. The van der Waals surface area contributed by atoms with Gasteiger partial charge in [-0.3, -0.25) is 9.89 Å². The normalized spacial score (nSPS) is 25.1. The van der Waals surface area contributed by atoms with Crippen molar-refractivity contribution in [2.45, 2.75) is 25.4 Å². The number of H-pyrrole nitrogens is 1. The second-order valence-electron chi connectivity index (χ2n) is 9.66. The first-order valence-corrected chi connectivity index (χ1v) is 12.3. The number of ether oxygens (including phenoxy) is 1. The molecule has 10 nitrogen and oxygen atoms in total. The molecule has 3 aliphatic rings. The lowest BCUT2D eigenvalue weighted by Crippen LogP contribution is -2.44. The van der Waals surface area contributed by atoms with E-state index in [4.69, 9.17) is 15.1 Å². The van der Waals surface area contributed by atoms with Crippen LogP contribution in [-0.4, -0.2) is 70.9 Å². The van der Waals surface area contributed by atoms with Gasteiger partial charge in [-0.1, -0.05) is 12.1 Å². The van der Waals surface area contributed by atoms with Crippen molar-refractivity contribution >= 4 is 35.3 Å². The summed E-state index contributed by atoms with van der Waals surface area (Å²) in [5, 5.41) is 28.2. The summed E-state index contributed by atoms with van der Waals surface area (Å²) in [6.45, 7) is 4.06. The van der Waals surface area contributed by atoms with Crippen molar-refractivity contribution in [3.8, 4) is 11.1 Å². The maximum absolute atomic E-state index is 12.8. The highest BCUT2D eigenvalue weighted by Gasteiger charge is 2.58. The molecule has 2 aromatic heterocycles. The Hall–Kier alpha value is -3.76. The highest BCUT2D eigenvalue weighted by Crippen LogP contribution is 2.51. The first-order valence-electron chi connectivity index (χ1n) is 12.3. The number of amides is 1. The van der Waals surface area contributed by atoms with E-state index in [0.29, 0.717) is 30.4 Å². The van der Waals surface area contributed by atoms with Gasteiger partial charge < -0.3 is 30.4 Å². The minimum absolute atomic E-state index is 0.0271. The number of anilines is 4. The molecule has 3 aromatic rings. The smallest absolute Gasteiger partial charge is 0.230 e. The standard InChI is InChI=1S/C26H29N7O3/c1-15-14-36-9-8-32(15)24-11-18(21(12-27)25(30-24)29-23-6-7-28-31-23)16-2-4-17(5-3-16)33-22(13-34)19-10-20(19)26(33)35/h2-7,11-12,15,19-20,22,27,34H,8-10,13-14H2,1H3,(H2,28,29,30,31)/t15-,19?,20?,22?/m1/s1. The number of rotatable bonds is 7. The first-order chi connectivity index (χ1) is 17.6. The van der Waals surface area contributed by atoms with Gasteiger partial charge in [0.05, 0.1) is 38.1 Å². The van der Waals surface area contributed by atoms with Crippen molar-refractivity contribution in [3.05, 3.63) is 48.2 Å². The topological polar surface area (TPSA) is 130 Å². The molecule has 0 spiro atoms. The molecule has 1 aliphatic carbocycles. The van der Waals surface area contributed by atoms with Crippen LogP contribution in [0.4, 0.5) is 23.1 Å². The number of nitrogens with one attached hydrogen (secondary N) is 3. The monoisotopic (exact) mass is 487 g/mol. The fraction of sp³-hybridized carbons (Fsp3) is 0.385. The minimum atomic E-state index is -0.147. The van der Waals surface area contributed by atoms with E-state index < -0.39 is 0 Å². The third-order valence-corrected chi connectivity index (χ3v) is 7.47. The van der Waals surface area contributed by atoms with Crippen molar-refractivity contribution < 1.29 is 14.6 Å². The van der Waals surface area contributed by atoms with Crippen LogP contribution < -0.4 is 15.1 Å². The molecule has 0 bridgehead atoms. The van der Waals surface area contributed by atoms with Gasteiger partial charge >= 0.3 is 0 Å². The Morgan fingerprint density at radius 2 is 2.14 bits per heavy atom. The molecule has 186 valence electrons. The van der Waals surface area contributed by atoms with Crippen molar-refractivity contribution in [2.24, 2.45) is 11.8 Å². The van der Waals surface area contributed by atoms with Crippen LogP contribution in [0, 0.1) is 17.2 Å². The number of benzene rings is 1. The summed E-state index contributed by atoms with van der Waals surface area (Å²) in [4.78, 5) is 21.6. The van der Waals surface area contributed by atoms with Gasteiger partial charge in [0, 0.05) is 36.0 Å². The van der Waals surface area contributed by atoms with E-state index >= 15 is 0 Å². The largest absolute Gasteiger partial charge is 0.394 e. The van der Waals surface area contributed by atoms with Crippen LogP contribution in [0.25, 0.3) is 11.1 Å². The summed E-state index contributed by atoms with van der Waals surface area (Å²) < 4.78 is 5.62. The molecule has 0 radical (unpaired) electrons. The predicted octanol–water partition coefficient (Wildman–Crippen LogP) is 2.78. The summed E-state index contributed by atoms with van der Waals surface area (Å²) in [6.07, 6.45) is 3.84. The van der Waals surface area contributed by atoms with Crippen LogP contribution in [0.3, 0.4) is 0 Å². The SMILES string of the molecule is C[C@@H]1COCCN1c1cc(-c2ccc(N3C(=O)C4CC4C3CO)cc2)c(C=N)c(Nc2ccn[nH]2)n1. The van der Waals surface area contributed by atoms with Gasteiger partial charge in [0.2, 0.25) is 5.91 Å². The van der Waals surface area contributed by atoms with Gasteiger partial charge in [0.15, 0.2) is 0 Å². The van der Waals surface area contributed by atoms with Gasteiger partial charge in [-0.25, -0.2) is 4.98 Å². The number of piperidine rings is 1. The highest BCUT2D eigenvalue weighted by molar-refractivity contribution is 6.01. The van der Waals surface area contributed by atoms with E-state index in [1.807, 2.05) is 36.4 Å². The summed E-state index contributed by atoms with van der Waals surface area (Å²) in [6, 6.07) is 11.6. The zero-order chi connectivity index (χ0) is 24.8. The Morgan fingerprint density at radius 3 is 2.83 bits per heavy atom. The van der Waals surface area contributed by atoms with Gasteiger partial charge in [-0.05, 0) is 48.6 Å². The van der Waals surface area contributed by atoms with Crippen LogP contribution in [0.1, 0.15) is 18.9 Å². The molecule has 4 N–H and O–H groups in total. The van der Waals surface area contributed by atoms with Crippen molar-refractivity contribution in [1.29, 1.82) is 5.41 Å². The molecule has 10 heteroatoms. The van der Waals surface area contributed by atoms with E-state index in [1.54, 1.807) is 11.1 Å². The van der Waals surface area contributed by atoms with E-state index in [1.165, 1.54) is 6.21 Å². The Morgan fingerprint density at radius 1 is 1.31 bits per heavy atom. The molecule has 1 saturated carbocycles. The van der Waals surface area contributed by atoms with Gasteiger partial charge in [0.1, 0.15) is 17.5 Å². The van der Waals surface area contributed by atoms with Gasteiger partial charge in [-0.2, -0.15) is 5.10 Å². The number of morpholine rings is 1. The number of fused-ring (bicyclic) bond motifs is 1. The van der Waals surface area contributed by atoms with Crippen molar-refractivity contribution in [2.75, 3.05) is 41.5 Å². The number of hydrogen-bond donors (Lipinski definition) is 4. The third kappa shape index (κ3) is 3.82. The lowest BCUT2D eigenvalue weighted by Gasteiger charge is -2.35. The lowest BCUT2D eigenvalue weighted by molar-refractivity contribution is -0.119. The fourth-order valence-corrected chi connectivity index (χ4v) is 5.48. The number of carbonyl (C=O) groups is 1. The Kier molecular flexibility index (Phi) is 5.69. The molecule has 1 amide bonds. The van der Waals surface area contributed by atoms with Gasteiger partial charge in [-0.15, -0.1) is 0 Å². The molecular weight excluding hydrogens is 458 g/mol. The molecular formula is C26H29N7O3.